The van der Waals surface area contributed by atoms with Crippen molar-refractivity contribution in [1.29, 1.82) is 0 Å². The van der Waals surface area contributed by atoms with E-state index in [1.807, 2.05) is 0 Å². The van der Waals surface area contributed by atoms with Crippen molar-refractivity contribution >= 4 is 29.3 Å². The number of halogens is 1. The fraction of sp³-hybridized carbons (Fsp3) is 0.400. The molecule has 0 radical (unpaired) electrons. The first-order chi connectivity index (χ1) is 10.6. The molecule has 8 heteroatoms. The van der Waals surface area contributed by atoms with Crippen LogP contribution in [0.5, 0.6) is 0 Å². The fourth-order valence-corrected chi connectivity index (χ4v) is 2.57. The summed E-state index contributed by atoms with van der Waals surface area (Å²) in [5.41, 5.74) is 0.324. The van der Waals surface area contributed by atoms with Gasteiger partial charge in [-0.15, -0.1) is 12.4 Å². The van der Waals surface area contributed by atoms with Crippen molar-refractivity contribution in [2.45, 2.75) is 13.5 Å². The van der Waals surface area contributed by atoms with Gasteiger partial charge in [0.2, 0.25) is 0 Å². The number of hydrogen-bond acceptors (Lipinski definition) is 4. The number of rotatable bonds is 4. The molecule has 1 aliphatic heterocycles. The molecule has 1 saturated heterocycles. The van der Waals surface area contributed by atoms with Crippen LogP contribution < -0.4 is 21.8 Å². The van der Waals surface area contributed by atoms with Crippen LogP contribution in [0.1, 0.15) is 17.3 Å². The fourth-order valence-electron chi connectivity index (χ4n) is 2.57. The molecule has 1 fully saturated rings. The Labute approximate surface area is 138 Å². The highest BCUT2D eigenvalue weighted by molar-refractivity contribution is 5.97. The lowest BCUT2D eigenvalue weighted by Gasteiger charge is -2.27. The van der Waals surface area contributed by atoms with Gasteiger partial charge in [-0.2, -0.15) is 0 Å². The van der Waals surface area contributed by atoms with Crippen LogP contribution in [-0.2, 0) is 6.54 Å². The smallest absolute Gasteiger partial charge is 0.316 e. The van der Waals surface area contributed by atoms with Crippen LogP contribution in [0.25, 0.3) is 11.0 Å². The molecule has 2 heterocycles. The Morgan fingerprint density at radius 3 is 2.70 bits per heavy atom. The van der Waals surface area contributed by atoms with Crippen LogP contribution in [0, 0.1) is 5.92 Å². The molecule has 0 aliphatic carbocycles. The zero-order valence-corrected chi connectivity index (χ0v) is 13.5. The monoisotopic (exact) mass is 338 g/mol. The van der Waals surface area contributed by atoms with E-state index < -0.39 is 11.1 Å². The molecule has 0 atom stereocenters. The number of hydrogen-bond donors (Lipinski definition) is 3. The van der Waals surface area contributed by atoms with Gasteiger partial charge in [-0.1, -0.05) is 0 Å². The zero-order chi connectivity index (χ0) is 15.7. The predicted octanol–water partition coefficient (Wildman–Crippen LogP) is 0.0807. The van der Waals surface area contributed by atoms with Gasteiger partial charge in [0.1, 0.15) is 0 Å². The number of amides is 1. The minimum Gasteiger partial charge on any atom is -0.352 e. The molecule has 1 amide bonds. The molecular formula is C15H19ClN4O3. The Hall–Kier alpha value is -2.12. The summed E-state index contributed by atoms with van der Waals surface area (Å²) < 4.78 is 1.40. The summed E-state index contributed by atoms with van der Waals surface area (Å²) in [6.07, 6.45) is 0. The lowest BCUT2D eigenvalue weighted by Crippen LogP contribution is -2.48. The van der Waals surface area contributed by atoms with E-state index in [1.54, 1.807) is 25.1 Å². The van der Waals surface area contributed by atoms with Crippen molar-refractivity contribution in [3.05, 3.63) is 44.5 Å². The summed E-state index contributed by atoms with van der Waals surface area (Å²) in [6.45, 7) is 4.68. The molecular weight excluding hydrogens is 320 g/mol. The van der Waals surface area contributed by atoms with Crippen molar-refractivity contribution < 1.29 is 4.79 Å². The van der Waals surface area contributed by atoms with Crippen molar-refractivity contribution in [1.82, 2.24) is 20.2 Å². The number of aromatic amines is 1. The number of benzene rings is 1. The molecule has 3 rings (SSSR count). The minimum absolute atomic E-state index is 0. The van der Waals surface area contributed by atoms with Crippen LogP contribution in [0.15, 0.2) is 27.8 Å². The molecule has 124 valence electrons. The van der Waals surface area contributed by atoms with E-state index in [0.29, 0.717) is 35.6 Å². The molecule has 23 heavy (non-hydrogen) atoms. The van der Waals surface area contributed by atoms with Crippen LogP contribution in [0.2, 0.25) is 0 Å². The maximum absolute atomic E-state index is 12.1. The number of H-pyrrole nitrogens is 1. The van der Waals surface area contributed by atoms with Crippen molar-refractivity contribution in [3.63, 3.8) is 0 Å². The van der Waals surface area contributed by atoms with Gasteiger partial charge in [-0.05, 0) is 25.1 Å². The lowest BCUT2D eigenvalue weighted by atomic mass is 10.0. The number of aryl methyl sites for hydroxylation is 1. The molecule has 1 aromatic carbocycles. The molecule has 2 aromatic rings. The Bertz CT molecular complexity index is 839. The van der Waals surface area contributed by atoms with Gasteiger partial charge in [-0.3, -0.25) is 14.4 Å². The van der Waals surface area contributed by atoms with E-state index in [9.17, 15) is 14.4 Å². The van der Waals surface area contributed by atoms with Crippen LogP contribution >= 0.6 is 12.4 Å². The second-order valence-corrected chi connectivity index (χ2v) is 5.47. The van der Waals surface area contributed by atoms with Crippen molar-refractivity contribution in [2.24, 2.45) is 5.92 Å². The van der Waals surface area contributed by atoms with Gasteiger partial charge in [0.05, 0.1) is 11.0 Å². The van der Waals surface area contributed by atoms with E-state index in [2.05, 4.69) is 15.6 Å². The summed E-state index contributed by atoms with van der Waals surface area (Å²) in [4.78, 5) is 38.1. The normalized spacial score (nSPS) is 14.1. The largest absolute Gasteiger partial charge is 0.352 e. The summed E-state index contributed by atoms with van der Waals surface area (Å²) in [5.74, 6) is 0.304. The summed E-state index contributed by atoms with van der Waals surface area (Å²) >= 11 is 0. The molecule has 0 spiro atoms. The van der Waals surface area contributed by atoms with E-state index >= 15 is 0 Å². The Kier molecular flexibility index (Phi) is 5.23. The third kappa shape index (κ3) is 3.30. The van der Waals surface area contributed by atoms with Gasteiger partial charge in [-0.25, -0.2) is 0 Å². The molecule has 0 bridgehead atoms. The topological polar surface area (TPSA) is 96.0 Å². The van der Waals surface area contributed by atoms with Gasteiger partial charge in [0.15, 0.2) is 0 Å². The van der Waals surface area contributed by atoms with Gasteiger partial charge >= 0.3 is 11.1 Å². The number of fused-ring (bicyclic) bond motifs is 1. The number of nitrogens with one attached hydrogen (secondary N) is 3. The number of nitrogens with zero attached hydrogens (tertiary/aromatic N) is 1. The second kappa shape index (κ2) is 6.97. The number of carbonyl (C=O) groups is 1. The molecule has 1 aliphatic rings. The number of aromatic nitrogens is 2. The van der Waals surface area contributed by atoms with E-state index in [-0.39, 0.29) is 18.3 Å². The van der Waals surface area contributed by atoms with E-state index in [0.717, 1.165) is 13.1 Å². The van der Waals surface area contributed by atoms with Crippen molar-refractivity contribution in [3.8, 4) is 0 Å². The third-order valence-corrected chi connectivity index (χ3v) is 3.97. The van der Waals surface area contributed by atoms with Crippen LogP contribution in [-0.4, -0.2) is 35.1 Å². The predicted molar refractivity (Wildman–Crippen MR) is 90.4 cm³/mol. The second-order valence-electron chi connectivity index (χ2n) is 5.47. The van der Waals surface area contributed by atoms with Crippen LogP contribution in [0.4, 0.5) is 0 Å². The molecule has 7 nitrogen and oxygen atoms in total. The minimum atomic E-state index is -0.674. The highest BCUT2D eigenvalue weighted by Crippen LogP contribution is 2.12. The maximum Gasteiger partial charge on any atom is 0.316 e. The lowest BCUT2D eigenvalue weighted by molar-refractivity contribution is 0.0942. The summed E-state index contributed by atoms with van der Waals surface area (Å²) in [5, 5.41) is 6.03. The van der Waals surface area contributed by atoms with Crippen molar-refractivity contribution in [2.75, 3.05) is 19.6 Å². The Balaban J connectivity index is 0.00000192. The first-order valence-electron chi connectivity index (χ1n) is 7.36. The first-order valence-corrected chi connectivity index (χ1v) is 7.36. The standard InChI is InChI=1S/C15H18N4O3.ClH/c1-2-19-12-4-3-10(5-11(12)18-14(21)15(19)22)13(20)17-8-9-6-16-7-9;/h3-5,9,16H,2,6-8H2,1H3,(H,17,20)(H,18,21);1H. The molecule has 0 unspecified atom stereocenters. The van der Waals surface area contributed by atoms with Gasteiger partial charge in [0.25, 0.3) is 5.91 Å². The van der Waals surface area contributed by atoms with Crippen LogP contribution in [0.3, 0.4) is 0 Å². The molecule has 1 aromatic heterocycles. The molecule has 0 saturated carbocycles. The average molecular weight is 339 g/mol. The average Bonchev–Trinajstić information content (AvgIpc) is 2.46. The summed E-state index contributed by atoms with van der Waals surface area (Å²) in [7, 11) is 0. The van der Waals surface area contributed by atoms with Gasteiger partial charge in [0, 0.05) is 37.7 Å². The quantitative estimate of drug-likeness (QED) is 0.688. The highest BCUT2D eigenvalue weighted by Gasteiger charge is 2.18. The first kappa shape index (κ1) is 17.2. The van der Waals surface area contributed by atoms with E-state index in [4.69, 9.17) is 0 Å². The maximum atomic E-state index is 12.1. The Morgan fingerprint density at radius 2 is 2.09 bits per heavy atom. The Morgan fingerprint density at radius 1 is 1.35 bits per heavy atom. The molecule has 3 N–H and O–H groups in total. The third-order valence-electron chi connectivity index (χ3n) is 3.97. The number of carbonyl (C=O) groups excluding carboxylic acids is 1. The summed E-state index contributed by atoms with van der Waals surface area (Å²) in [6, 6.07) is 4.97. The highest BCUT2D eigenvalue weighted by atomic mass is 35.5. The SMILES string of the molecule is CCn1c(=O)c(=O)[nH]c2cc(C(=O)NCC3CNC3)ccc21.Cl. The van der Waals surface area contributed by atoms with E-state index in [1.165, 1.54) is 4.57 Å². The van der Waals surface area contributed by atoms with Gasteiger partial charge < -0.3 is 20.2 Å². The zero-order valence-electron chi connectivity index (χ0n) is 12.7.